The lowest BCUT2D eigenvalue weighted by Gasteiger charge is -2.11. The monoisotopic (exact) mass is 424 g/mol. The Morgan fingerprint density at radius 2 is 1.65 bits per heavy atom. The predicted molar refractivity (Wildman–Crippen MR) is 110 cm³/mol. The van der Waals surface area contributed by atoms with Crippen LogP contribution in [0.15, 0.2) is 78.9 Å². The number of pyridine rings is 1. The van der Waals surface area contributed by atoms with Gasteiger partial charge < -0.3 is 5.32 Å². The van der Waals surface area contributed by atoms with E-state index in [1.807, 2.05) is 12.1 Å². The number of carbonyl (C=O) groups excluding carboxylic acids is 1. The Kier molecular flexibility index (Phi) is 5.42. The third-order valence-corrected chi connectivity index (χ3v) is 4.87. The van der Waals surface area contributed by atoms with Gasteiger partial charge in [-0.1, -0.05) is 42.5 Å². The molecule has 3 nitrogen and oxygen atoms in total. The maximum absolute atomic E-state index is 13.2. The molecule has 4 aromatic rings. The molecule has 31 heavy (non-hydrogen) atoms. The number of halogens is 4. The average Bonchev–Trinajstić information content (AvgIpc) is 2.76. The summed E-state index contributed by atoms with van der Waals surface area (Å²) in [5, 5.41) is 4.28. The average molecular weight is 424 g/mol. The van der Waals surface area contributed by atoms with E-state index in [1.165, 1.54) is 24.3 Å². The Labute approximate surface area is 175 Å². The second-order valence-electron chi connectivity index (χ2n) is 6.95. The van der Waals surface area contributed by atoms with E-state index in [0.717, 1.165) is 28.5 Å². The van der Waals surface area contributed by atoms with Crippen LogP contribution in [0.1, 0.15) is 21.6 Å². The minimum Gasteiger partial charge on any atom is -0.346 e. The molecule has 0 aliphatic heterocycles. The highest BCUT2D eigenvalue weighted by molar-refractivity contribution is 6.02. The van der Waals surface area contributed by atoms with Gasteiger partial charge in [-0.25, -0.2) is 4.98 Å². The number of aromatic nitrogens is 1. The molecule has 3 aromatic carbocycles. The highest BCUT2D eigenvalue weighted by atomic mass is 19.4. The Hall–Kier alpha value is -3.74. The van der Waals surface area contributed by atoms with Crippen molar-refractivity contribution in [3.05, 3.63) is 102 Å². The van der Waals surface area contributed by atoms with Crippen molar-refractivity contribution in [3.8, 4) is 11.1 Å². The second-order valence-corrected chi connectivity index (χ2v) is 6.95. The summed E-state index contributed by atoms with van der Waals surface area (Å²) in [5.74, 6) is -0.957. The number of fused-ring (bicyclic) bond motifs is 1. The SMILES string of the molecule is O=C(NCc1cccc(F)n1)c1ccc2c(-c3ccc(C(F)(F)F)cc3)cccc2c1. The minimum atomic E-state index is -4.39. The van der Waals surface area contributed by atoms with Crippen molar-refractivity contribution in [3.63, 3.8) is 0 Å². The van der Waals surface area contributed by atoms with Gasteiger partial charge in [-0.3, -0.25) is 4.79 Å². The van der Waals surface area contributed by atoms with Gasteiger partial charge in [0.1, 0.15) is 0 Å². The largest absolute Gasteiger partial charge is 0.416 e. The van der Waals surface area contributed by atoms with Gasteiger partial charge in [0.15, 0.2) is 0 Å². The number of benzene rings is 3. The quantitative estimate of drug-likeness (QED) is 0.323. The Bertz CT molecular complexity index is 1250. The number of hydrogen-bond acceptors (Lipinski definition) is 2. The first-order valence-electron chi connectivity index (χ1n) is 9.41. The van der Waals surface area contributed by atoms with Crippen LogP contribution in [0.25, 0.3) is 21.9 Å². The van der Waals surface area contributed by atoms with Crippen molar-refractivity contribution in [2.75, 3.05) is 0 Å². The number of nitrogens with zero attached hydrogens (tertiary/aromatic N) is 1. The number of carbonyl (C=O) groups is 1. The van der Waals surface area contributed by atoms with E-state index < -0.39 is 17.7 Å². The molecule has 7 heteroatoms. The van der Waals surface area contributed by atoms with Gasteiger partial charge >= 0.3 is 6.18 Å². The lowest BCUT2D eigenvalue weighted by atomic mass is 9.96. The lowest BCUT2D eigenvalue weighted by molar-refractivity contribution is -0.137. The third-order valence-electron chi connectivity index (χ3n) is 4.87. The van der Waals surface area contributed by atoms with E-state index in [9.17, 15) is 22.4 Å². The molecule has 0 aliphatic rings. The highest BCUT2D eigenvalue weighted by Gasteiger charge is 2.30. The van der Waals surface area contributed by atoms with E-state index in [-0.39, 0.29) is 12.5 Å². The van der Waals surface area contributed by atoms with E-state index in [1.54, 1.807) is 30.3 Å². The smallest absolute Gasteiger partial charge is 0.346 e. The molecule has 0 fully saturated rings. The molecule has 0 radical (unpaired) electrons. The first-order chi connectivity index (χ1) is 14.8. The third kappa shape index (κ3) is 4.55. The number of nitrogens with one attached hydrogen (secondary N) is 1. The molecule has 156 valence electrons. The molecule has 0 saturated heterocycles. The molecule has 0 saturated carbocycles. The summed E-state index contributed by atoms with van der Waals surface area (Å²) in [7, 11) is 0. The lowest BCUT2D eigenvalue weighted by Crippen LogP contribution is -2.23. The van der Waals surface area contributed by atoms with Crippen LogP contribution in [0.4, 0.5) is 17.6 Å². The van der Waals surface area contributed by atoms with Crippen LogP contribution < -0.4 is 5.32 Å². The molecular formula is C24H16F4N2O. The van der Waals surface area contributed by atoms with Gasteiger partial charge in [0, 0.05) is 5.56 Å². The molecule has 0 atom stereocenters. The maximum atomic E-state index is 13.2. The summed E-state index contributed by atoms with van der Waals surface area (Å²) in [6.07, 6.45) is -4.39. The van der Waals surface area contributed by atoms with Crippen LogP contribution in [0.3, 0.4) is 0 Å². The molecule has 4 rings (SSSR count). The molecular weight excluding hydrogens is 408 g/mol. The van der Waals surface area contributed by atoms with E-state index in [4.69, 9.17) is 0 Å². The zero-order valence-electron chi connectivity index (χ0n) is 16.1. The number of alkyl halides is 3. The van der Waals surface area contributed by atoms with Gasteiger partial charge in [-0.15, -0.1) is 0 Å². The Morgan fingerprint density at radius 1 is 0.903 bits per heavy atom. The van der Waals surface area contributed by atoms with Gasteiger partial charge in [-0.05, 0) is 58.3 Å². The van der Waals surface area contributed by atoms with Crippen molar-refractivity contribution < 1.29 is 22.4 Å². The number of rotatable bonds is 4. The van der Waals surface area contributed by atoms with Gasteiger partial charge in [0.2, 0.25) is 5.95 Å². The van der Waals surface area contributed by atoms with Crippen molar-refractivity contribution in [1.82, 2.24) is 10.3 Å². The summed E-state index contributed by atoms with van der Waals surface area (Å²) >= 11 is 0. The van der Waals surface area contributed by atoms with Crippen LogP contribution in [-0.4, -0.2) is 10.9 Å². The molecule has 0 spiro atoms. The van der Waals surface area contributed by atoms with Crippen LogP contribution >= 0.6 is 0 Å². The number of hydrogen-bond donors (Lipinski definition) is 1. The fourth-order valence-electron chi connectivity index (χ4n) is 3.34. The minimum absolute atomic E-state index is 0.0836. The summed E-state index contributed by atoms with van der Waals surface area (Å²) < 4.78 is 51.6. The van der Waals surface area contributed by atoms with Crippen molar-refractivity contribution in [2.45, 2.75) is 12.7 Å². The Morgan fingerprint density at radius 3 is 2.35 bits per heavy atom. The van der Waals surface area contributed by atoms with Gasteiger partial charge in [0.25, 0.3) is 5.91 Å². The molecule has 0 unspecified atom stereocenters. The first-order valence-corrected chi connectivity index (χ1v) is 9.41. The molecule has 1 heterocycles. The summed E-state index contributed by atoms with van der Waals surface area (Å²) in [6, 6.07) is 19.9. The van der Waals surface area contributed by atoms with E-state index >= 15 is 0 Å². The molecule has 1 amide bonds. The molecule has 0 bridgehead atoms. The summed E-state index contributed by atoms with van der Waals surface area (Å²) in [5.41, 5.74) is 1.52. The molecule has 0 aliphatic carbocycles. The van der Waals surface area contributed by atoms with Crippen LogP contribution in [0, 0.1) is 5.95 Å². The van der Waals surface area contributed by atoms with Crippen molar-refractivity contribution in [1.29, 1.82) is 0 Å². The molecule has 1 N–H and O–H groups in total. The fourth-order valence-corrected chi connectivity index (χ4v) is 3.34. The van der Waals surface area contributed by atoms with Gasteiger partial charge in [-0.2, -0.15) is 17.6 Å². The van der Waals surface area contributed by atoms with Crippen LogP contribution in [-0.2, 0) is 12.7 Å². The second kappa shape index (κ2) is 8.18. The first kappa shape index (κ1) is 20.5. The zero-order chi connectivity index (χ0) is 22.0. The normalized spacial score (nSPS) is 11.5. The van der Waals surface area contributed by atoms with Crippen molar-refractivity contribution in [2.24, 2.45) is 0 Å². The van der Waals surface area contributed by atoms with Crippen molar-refractivity contribution >= 4 is 16.7 Å². The summed E-state index contributed by atoms with van der Waals surface area (Å²) in [4.78, 5) is 16.2. The fraction of sp³-hybridized carbons (Fsp3) is 0.0833. The van der Waals surface area contributed by atoms with Gasteiger partial charge in [0.05, 0.1) is 17.8 Å². The highest BCUT2D eigenvalue weighted by Crippen LogP contribution is 2.33. The van der Waals surface area contributed by atoms with E-state index in [0.29, 0.717) is 16.8 Å². The van der Waals surface area contributed by atoms with E-state index in [2.05, 4.69) is 10.3 Å². The summed E-state index contributed by atoms with van der Waals surface area (Å²) in [6.45, 7) is 0.0836. The zero-order valence-corrected chi connectivity index (χ0v) is 16.1. The standard InChI is InChI=1S/C24H16F4N2O/c25-22-6-2-4-19(30-22)14-29-23(31)17-9-12-21-16(13-17)3-1-5-20(21)15-7-10-18(11-8-15)24(26,27)28/h1-13H,14H2,(H,29,31). The number of amides is 1. The molecule has 1 aromatic heterocycles. The predicted octanol–water partition coefficient (Wildman–Crippen LogP) is 5.99. The topological polar surface area (TPSA) is 42.0 Å². The van der Waals surface area contributed by atoms with Crippen LogP contribution in [0.2, 0.25) is 0 Å². The van der Waals surface area contributed by atoms with Crippen LogP contribution in [0.5, 0.6) is 0 Å². The Balaban J connectivity index is 1.58. The maximum Gasteiger partial charge on any atom is 0.416 e.